The van der Waals surface area contributed by atoms with E-state index in [1.54, 1.807) is 6.92 Å². The molecule has 7 heteroatoms. The number of nitrogens with two attached hydrogens (primary N) is 1. The van der Waals surface area contributed by atoms with Gasteiger partial charge in [0, 0.05) is 4.88 Å². The van der Waals surface area contributed by atoms with Gasteiger partial charge >= 0.3 is 5.97 Å². The molecule has 0 spiro atoms. The molecule has 0 saturated carbocycles. The van der Waals surface area contributed by atoms with Crippen molar-refractivity contribution in [3.63, 3.8) is 0 Å². The summed E-state index contributed by atoms with van der Waals surface area (Å²) < 4.78 is 4.83. The van der Waals surface area contributed by atoms with Crippen molar-refractivity contribution in [1.29, 1.82) is 0 Å². The fourth-order valence-corrected chi connectivity index (χ4v) is 2.34. The van der Waals surface area contributed by atoms with Gasteiger partial charge in [-0.15, -0.1) is 11.3 Å². The highest BCUT2D eigenvalue weighted by Crippen LogP contribution is 2.32. The molecule has 0 aliphatic carbocycles. The molecular weight excluding hydrogens is 252 g/mol. The van der Waals surface area contributed by atoms with Crippen LogP contribution in [0.15, 0.2) is 6.07 Å². The number of ether oxygens (including phenoxy) is 1. The Morgan fingerprint density at radius 1 is 1.56 bits per heavy atom. The first kappa shape index (κ1) is 12.6. The summed E-state index contributed by atoms with van der Waals surface area (Å²) in [7, 11) is 0. The molecular formula is C11H14N4O2S. The molecule has 18 heavy (non-hydrogen) atoms. The molecule has 0 saturated heterocycles. The number of anilines is 1. The molecule has 3 N–H and O–H groups in total. The van der Waals surface area contributed by atoms with Gasteiger partial charge in [-0.25, -0.2) is 9.78 Å². The van der Waals surface area contributed by atoms with Gasteiger partial charge < -0.3 is 10.5 Å². The lowest BCUT2D eigenvalue weighted by molar-refractivity contribution is 0.0512. The molecule has 0 aliphatic rings. The number of rotatable bonds is 4. The van der Waals surface area contributed by atoms with E-state index in [1.807, 2.05) is 6.07 Å². The van der Waals surface area contributed by atoms with Gasteiger partial charge in [0.2, 0.25) is 5.82 Å². The first-order chi connectivity index (χ1) is 8.65. The Hall–Kier alpha value is -1.89. The minimum Gasteiger partial charge on any atom is -0.460 e. The minimum atomic E-state index is -0.513. The summed E-state index contributed by atoms with van der Waals surface area (Å²) >= 11 is 1.50. The number of nitrogen functional groups attached to an aromatic ring is 1. The molecule has 0 radical (unpaired) electrons. The lowest BCUT2D eigenvalue weighted by Gasteiger charge is -1.95. The second-order valence-electron chi connectivity index (χ2n) is 3.57. The Labute approximate surface area is 108 Å². The molecule has 6 nitrogen and oxygen atoms in total. The van der Waals surface area contributed by atoms with E-state index in [9.17, 15) is 4.79 Å². The van der Waals surface area contributed by atoms with Gasteiger partial charge in [0.15, 0.2) is 5.82 Å². The summed E-state index contributed by atoms with van der Waals surface area (Å²) in [4.78, 5) is 16.7. The number of nitrogens with one attached hydrogen (secondary N) is 1. The Balaban J connectivity index is 2.28. The average molecular weight is 266 g/mol. The second-order valence-corrected chi connectivity index (χ2v) is 4.74. The first-order valence-electron chi connectivity index (χ1n) is 5.63. The third-order valence-corrected chi connectivity index (χ3v) is 3.46. The number of hydrogen-bond donors (Lipinski definition) is 2. The summed E-state index contributed by atoms with van der Waals surface area (Å²) in [5.74, 6) is 0.00256. The summed E-state index contributed by atoms with van der Waals surface area (Å²) in [5.41, 5.74) is 6.65. The molecule has 2 rings (SSSR count). The average Bonchev–Trinajstić information content (AvgIpc) is 2.95. The molecule has 0 aliphatic heterocycles. The van der Waals surface area contributed by atoms with Gasteiger partial charge in [-0.2, -0.15) is 5.10 Å². The Kier molecular flexibility index (Phi) is 3.61. The van der Waals surface area contributed by atoms with Crippen LogP contribution in [-0.2, 0) is 11.2 Å². The first-order valence-corrected chi connectivity index (χ1v) is 6.45. The molecule has 0 unspecified atom stereocenters. The van der Waals surface area contributed by atoms with E-state index in [1.165, 1.54) is 11.3 Å². The number of esters is 1. The monoisotopic (exact) mass is 266 g/mol. The van der Waals surface area contributed by atoms with Gasteiger partial charge in [0.05, 0.1) is 17.2 Å². The Morgan fingerprint density at radius 2 is 2.33 bits per heavy atom. The van der Waals surface area contributed by atoms with E-state index in [-0.39, 0.29) is 5.82 Å². The Bertz CT molecular complexity index is 561. The predicted octanol–water partition coefficient (Wildman–Crippen LogP) is 1.85. The van der Waals surface area contributed by atoms with Crippen LogP contribution in [0.4, 0.5) is 5.00 Å². The van der Waals surface area contributed by atoms with Crippen molar-refractivity contribution in [2.75, 3.05) is 12.3 Å². The third-order valence-electron chi connectivity index (χ3n) is 2.36. The van der Waals surface area contributed by atoms with Crippen LogP contribution in [0.3, 0.4) is 0 Å². The van der Waals surface area contributed by atoms with Crippen molar-refractivity contribution in [1.82, 2.24) is 15.2 Å². The van der Waals surface area contributed by atoms with Crippen LogP contribution in [0.5, 0.6) is 0 Å². The van der Waals surface area contributed by atoms with E-state index in [4.69, 9.17) is 10.5 Å². The zero-order chi connectivity index (χ0) is 13.1. The minimum absolute atomic E-state index is 0.0931. The lowest BCUT2D eigenvalue weighted by atomic mass is 10.2. The molecule has 2 aromatic heterocycles. The van der Waals surface area contributed by atoms with E-state index in [2.05, 4.69) is 22.1 Å². The van der Waals surface area contributed by atoms with E-state index in [0.29, 0.717) is 17.4 Å². The van der Waals surface area contributed by atoms with Gasteiger partial charge in [-0.05, 0) is 19.4 Å². The Morgan fingerprint density at radius 3 is 2.94 bits per heavy atom. The second kappa shape index (κ2) is 5.18. The molecule has 0 atom stereocenters. The van der Waals surface area contributed by atoms with Gasteiger partial charge in [-0.3, -0.25) is 5.10 Å². The largest absolute Gasteiger partial charge is 0.460 e. The lowest BCUT2D eigenvalue weighted by Crippen LogP contribution is -2.06. The number of aromatic amines is 1. The maximum atomic E-state index is 11.5. The summed E-state index contributed by atoms with van der Waals surface area (Å²) in [6.07, 6.45) is 0.907. The normalized spacial score (nSPS) is 10.6. The SMILES string of the molecule is CCOC(=O)c1nc(-c2cc(CC)sc2N)n[nH]1. The smallest absolute Gasteiger partial charge is 0.375 e. The molecule has 96 valence electrons. The zero-order valence-corrected chi connectivity index (χ0v) is 11.0. The maximum absolute atomic E-state index is 11.5. The van der Waals surface area contributed by atoms with Crippen molar-refractivity contribution >= 4 is 22.3 Å². The van der Waals surface area contributed by atoms with Crippen molar-refractivity contribution in [3.05, 3.63) is 16.8 Å². The number of H-pyrrole nitrogens is 1. The van der Waals surface area contributed by atoms with E-state index >= 15 is 0 Å². The van der Waals surface area contributed by atoms with Crippen LogP contribution in [-0.4, -0.2) is 27.8 Å². The molecule has 0 fully saturated rings. The highest BCUT2D eigenvalue weighted by atomic mass is 32.1. The highest BCUT2D eigenvalue weighted by molar-refractivity contribution is 7.16. The van der Waals surface area contributed by atoms with E-state index in [0.717, 1.165) is 16.9 Å². The van der Waals surface area contributed by atoms with Crippen LogP contribution < -0.4 is 5.73 Å². The third kappa shape index (κ3) is 2.35. The van der Waals surface area contributed by atoms with Crippen molar-refractivity contribution < 1.29 is 9.53 Å². The van der Waals surface area contributed by atoms with Crippen molar-refractivity contribution in [3.8, 4) is 11.4 Å². The standard InChI is InChI=1S/C11H14N4O2S/c1-3-6-5-7(8(12)18-6)9-13-10(15-14-9)11(16)17-4-2/h5H,3-4,12H2,1-2H3,(H,13,14,15). The van der Waals surface area contributed by atoms with E-state index < -0.39 is 5.97 Å². The maximum Gasteiger partial charge on any atom is 0.375 e. The quantitative estimate of drug-likeness (QED) is 0.824. The molecule has 2 heterocycles. The fraction of sp³-hybridized carbons (Fsp3) is 0.364. The van der Waals surface area contributed by atoms with Crippen molar-refractivity contribution in [2.24, 2.45) is 0 Å². The number of nitrogens with zero attached hydrogens (tertiary/aromatic N) is 2. The molecule has 0 aromatic carbocycles. The fourth-order valence-electron chi connectivity index (χ4n) is 1.48. The predicted molar refractivity (Wildman–Crippen MR) is 69.4 cm³/mol. The van der Waals surface area contributed by atoms with Crippen LogP contribution in [0.2, 0.25) is 0 Å². The number of carbonyl (C=O) groups is 1. The highest BCUT2D eigenvalue weighted by Gasteiger charge is 2.16. The molecule has 2 aromatic rings. The van der Waals surface area contributed by atoms with Crippen LogP contribution >= 0.6 is 11.3 Å². The zero-order valence-electron chi connectivity index (χ0n) is 10.2. The summed E-state index contributed by atoms with van der Waals surface area (Å²) in [5, 5.41) is 7.20. The van der Waals surface area contributed by atoms with Crippen molar-refractivity contribution in [2.45, 2.75) is 20.3 Å². The summed E-state index contributed by atoms with van der Waals surface area (Å²) in [6.45, 7) is 4.09. The van der Waals surface area contributed by atoms with Gasteiger partial charge in [0.1, 0.15) is 0 Å². The van der Waals surface area contributed by atoms with Gasteiger partial charge in [0.25, 0.3) is 0 Å². The van der Waals surface area contributed by atoms with Crippen LogP contribution in [0, 0.1) is 0 Å². The molecule has 0 bridgehead atoms. The van der Waals surface area contributed by atoms with Crippen LogP contribution in [0.1, 0.15) is 29.3 Å². The number of thiophene rings is 1. The number of hydrogen-bond acceptors (Lipinski definition) is 6. The number of aromatic nitrogens is 3. The molecule has 0 amide bonds. The number of aryl methyl sites for hydroxylation is 1. The number of carbonyl (C=O) groups excluding carboxylic acids is 1. The summed E-state index contributed by atoms with van der Waals surface area (Å²) in [6, 6.07) is 1.94. The topological polar surface area (TPSA) is 93.9 Å². The van der Waals surface area contributed by atoms with Crippen LogP contribution in [0.25, 0.3) is 11.4 Å². The van der Waals surface area contributed by atoms with Gasteiger partial charge in [-0.1, -0.05) is 6.92 Å².